The lowest BCUT2D eigenvalue weighted by atomic mass is 9.81. The van der Waals surface area contributed by atoms with Gasteiger partial charge in [0, 0.05) is 38.4 Å². The minimum atomic E-state index is -0.233. The summed E-state index contributed by atoms with van der Waals surface area (Å²) in [4.78, 5) is 50.4. The maximum Gasteiger partial charge on any atom is 0.242 e. The Bertz CT molecular complexity index is 865. The first-order valence-corrected chi connectivity index (χ1v) is 13.6. The van der Waals surface area contributed by atoms with Crippen LogP contribution in [-0.2, 0) is 25.6 Å². The van der Waals surface area contributed by atoms with Gasteiger partial charge < -0.3 is 10.6 Å². The predicted octanol–water partition coefficient (Wildman–Crippen LogP) is 2.85. The largest absolute Gasteiger partial charge is 0.354 e. The Labute approximate surface area is 206 Å². The number of carbonyl (C=O) groups is 4. The molecular weight excluding hydrogens is 450 g/mol. The Morgan fingerprint density at radius 2 is 1.71 bits per heavy atom. The monoisotopic (exact) mass is 487 g/mol. The predicted molar refractivity (Wildman–Crippen MR) is 134 cm³/mol. The quantitative estimate of drug-likeness (QED) is 0.370. The van der Waals surface area contributed by atoms with Crippen molar-refractivity contribution in [2.24, 2.45) is 11.8 Å². The van der Waals surface area contributed by atoms with Gasteiger partial charge in [-0.05, 0) is 63.2 Å². The smallest absolute Gasteiger partial charge is 0.242 e. The van der Waals surface area contributed by atoms with Crippen LogP contribution in [-0.4, -0.2) is 59.7 Å². The van der Waals surface area contributed by atoms with E-state index in [0.29, 0.717) is 32.5 Å². The molecule has 34 heavy (non-hydrogen) atoms. The Balaban J connectivity index is 1.25. The summed E-state index contributed by atoms with van der Waals surface area (Å²) in [5.41, 5.74) is 2.47. The van der Waals surface area contributed by atoms with Crippen LogP contribution in [0.1, 0.15) is 56.1 Å². The number of hydrogen-bond donors (Lipinski definition) is 2. The Morgan fingerprint density at radius 1 is 1.03 bits per heavy atom. The number of likely N-dealkylation sites (tertiary alicyclic amines) is 1. The van der Waals surface area contributed by atoms with Crippen LogP contribution >= 0.6 is 11.8 Å². The minimum Gasteiger partial charge on any atom is -0.354 e. The lowest BCUT2D eigenvalue weighted by Crippen LogP contribution is -2.40. The zero-order valence-corrected chi connectivity index (χ0v) is 21.1. The molecule has 1 saturated heterocycles. The van der Waals surface area contributed by atoms with Gasteiger partial charge in [0.25, 0.3) is 0 Å². The van der Waals surface area contributed by atoms with E-state index < -0.39 is 0 Å². The summed E-state index contributed by atoms with van der Waals surface area (Å²) in [6.07, 6.45) is 7.55. The third-order valence-electron chi connectivity index (χ3n) is 6.88. The number of aryl methyl sites for hydroxylation is 2. The maximum absolute atomic E-state index is 12.5. The zero-order valence-electron chi connectivity index (χ0n) is 20.3. The van der Waals surface area contributed by atoms with E-state index in [9.17, 15) is 19.2 Å². The molecule has 1 unspecified atom stereocenters. The molecule has 3 rings (SSSR count). The highest BCUT2D eigenvalue weighted by Crippen LogP contribution is 2.32. The molecule has 4 amide bonds. The van der Waals surface area contributed by atoms with Gasteiger partial charge in [-0.1, -0.05) is 29.8 Å². The van der Waals surface area contributed by atoms with Gasteiger partial charge in [-0.25, -0.2) is 0 Å². The lowest BCUT2D eigenvalue weighted by molar-refractivity contribution is -0.139. The highest BCUT2D eigenvalue weighted by molar-refractivity contribution is 8.00. The van der Waals surface area contributed by atoms with Gasteiger partial charge >= 0.3 is 0 Å². The van der Waals surface area contributed by atoms with E-state index in [2.05, 4.69) is 41.8 Å². The Morgan fingerprint density at radius 3 is 2.35 bits per heavy atom. The van der Waals surface area contributed by atoms with Crippen LogP contribution in [0.15, 0.2) is 24.3 Å². The van der Waals surface area contributed by atoms with Gasteiger partial charge in [-0.3, -0.25) is 24.1 Å². The fourth-order valence-corrected chi connectivity index (χ4v) is 5.36. The van der Waals surface area contributed by atoms with Crippen molar-refractivity contribution in [3.05, 3.63) is 35.4 Å². The van der Waals surface area contributed by atoms with E-state index >= 15 is 0 Å². The van der Waals surface area contributed by atoms with Crippen molar-refractivity contribution in [2.75, 3.05) is 25.9 Å². The molecule has 1 saturated carbocycles. The molecule has 1 aromatic carbocycles. The highest BCUT2D eigenvalue weighted by atomic mass is 32.2. The van der Waals surface area contributed by atoms with Crippen LogP contribution in [0, 0.1) is 18.8 Å². The molecule has 1 heterocycles. The van der Waals surface area contributed by atoms with Crippen LogP contribution in [0.4, 0.5) is 0 Å². The van der Waals surface area contributed by atoms with E-state index in [1.165, 1.54) is 27.8 Å². The van der Waals surface area contributed by atoms with Crippen LogP contribution in [0.2, 0.25) is 0 Å². The van der Waals surface area contributed by atoms with Gasteiger partial charge in [0.15, 0.2) is 0 Å². The molecule has 186 valence electrons. The number of nitrogens with zero attached hydrogens (tertiary/aromatic N) is 1. The lowest BCUT2D eigenvalue weighted by Gasteiger charge is -2.30. The summed E-state index contributed by atoms with van der Waals surface area (Å²) in [6.45, 7) is 3.40. The summed E-state index contributed by atoms with van der Waals surface area (Å²) < 4.78 is 0. The SMILES string of the molecule is CSC1CC(=O)N(CC2CCC(C(=O)NCCNC(=O)CCCc3ccc(C)cc3)CC2)C1=O. The van der Waals surface area contributed by atoms with Gasteiger partial charge in [0.05, 0.1) is 5.25 Å². The number of imide groups is 1. The second kappa shape index (κ2) is 12.9. The molecule has 2 aliphatic rings. The molecule has 1 atom stereocenters. The normalized spacial score (nSPS) is 22.6. The first-order chi connectivity index (χ1) is 16.4. The molecule has 0 aromatic heterocycles. The van der Waals surface area contributed by atoms with Crippen molar-refractivity contribution in [1.82, 2.24) is 15.5 Å². The summed E-state index contributed by atoms with van der Waals surface area (Å²) >= 11 is 1.44. The highest BCUT2D eigenvalue weighted by Gasteiger charge is 2.39. The summed E-state index contributed by atoms with van der Waals surface area (Å²) in [6, 6.07) is 8.37. The van der Waals surface area contributed by atoms with E-state index in [0.717, 1.165) is 38.5 Å². The van der Waals surface area contributed by atoms with Crippen molar-refractivity contribution in [3.63, 3.8) is 0 Å². The second-order valence-electron chi connectivity index (χ2n) is 9.47. The van der Waals surface area contributed by atoms with Crippen molar-refractivity contribution in [1.29, 1.82) is 0 Å². The van der Waals surface area contributed by atoms with Crippen LogP contribution in [0.5, 0.6) is 0 Å². The summed E-state index contributed by atoms with van der Waals surface area (Å²) in [5, 5.41) is 5.58. The molecular formula is C26H37N3O4S. The topological polar surface area (TPSA) is 95.6 Å². The molecule has 7 nitrogen and oxygen atoms in total. The standard InChI is InChI=1S/C26H37N3O4S/c1-18-6-8-19(9-7-18)4-3-5-23(30)27-14-15-28-25(32)21-12-10-20(11-13-21)17-29-24(31)16-22(34-2)26(29)33/h6-9,20-22H,3-5,10-17H2,1-2H3,(H,27,30)(H,28,32). The second-order valence-corrected chi connectivity index (χ2v) is 10.5. The number of nitrogens with one attached hydrogen (secondary N) is 2. The van der Waals surface area contributed by atoms with E-state index in [4.69, 9.17) is 0 Å². The Hall–Kier alpha value is -2.35. The average Bonchev–Trinajstić information content (AvgIpc) is 3.11. The first-order valence-electron chi connectivity index (χ1n) is 12.3. The van der Waals surface area contributed by atoms with Gasteiger partial charge in [-0.15, -0.1) is 0 Å². The van der Waals surface area contributed by atoms with Gasteiger partial charge in [-0.2, -0.15) is 11.8 Å². The summed E-state index contributed by atoms with van der Waals surface area (Å²) in [7, 11) is 0. The molecule has 8 heteroatoms. The molecule has 0 spiro atoms. The van der Waals surface area contributed by atoms with Crippen LogP contribution in [0.25, 0.3) is 0 Å². The maximum atomic E-state index is 12.5. The molecule has 2 N–H and O–H groups in total. The van der Waals surface area contributed by atoms with E-state index in [-0.39, 0.29) is 40.7 Å². The summed E-state index contributed by atoms with van der Waals surface area (Å²) in [5.74, 6) is 0.151. The molecule has 1 aromatic rings. The molecule has 1 aliphatic carbocycles. The average molecular weight is 488 g/mol. The van der Waals surface area contributed by atoms with Crippen LogP contribution < -0.4 is 10.6 Å². The fraction of sp³-hybridized carbons (Fsp3) is 0.615. The number of carbonyl (C=O) groups excluding carboxylic acids is 4. The van der Waals surface area contributed by atoms with Gasteiger partial charge in [0.1, 0.15) is 0 Å². The van der Waals surface area contributed by atoms with Crippen molar-refractivity contribution < 1.29 is 19.2 Å². The van der Waals surface area contributed by atoms with Crippen LogP contribution in [0.3, 0.4) is 0 Å². The van der Waals surface area contributed by atoms with Crippen molar-refractivity contribution in [3.8, 4) is 0 Å². The third kappa shape index (κ3) is 7.58. The third-order valence-corrected chi connectivity index (χ3v) is 7.82. The van der Waals surface area contributed by atoms with Crippen molar-refractivity contribution >= 4 is 35.4 Å². The number of rotatable bonds is 11. The Kier molecular flexibility index (Phi) is 9.99. The molecule has 0 bridgehead atoms. The van der Waals surface area contributed by atoms with E-state index in [1.807, 2.05) is 6.26 Å². The molecule has 1 aliphatic heterocycles. The number of hydrogen-bond acceptors (Lipinski definition) is 5. The van der Waals surface area contributed by atoms with Crippen molar-refractivity contribution in [2.45, 2.75) is 63.5 Å². The molecule has 2 fully saturated rings. The fourth-order valence-electron chi connectivity index (χ4n) is 4.72. The number of benzene rings is 1. The zero-order chi connectivity index (χ0) is 24.5. The number of thioether (sulfide) groups is 1. The minimum absolute atomic E-state index is 0.0107. The number of amides is 4. The first kappa shape index (κ1) is 26.3. The van der Waals surface area contributed by atoms with Gasteiger partial charge in [0.2, 0.25) is 23.6 Å². The van der Waals surface area contributed by atoms with E-state index in [1.54, 1.807) is 0 Å². The molecule has 0 radical (unpaired) electrons.